The van der Waals surface area contributed by atoms with Crippen molar-refractivity contribution in [3.8, 4) is 0 Å². The number of carbonyl (C=O) groups is 2. The molecule has 0 aromatic carbocycles. The number of oxime groups is 1. The van der Waals surface area contributed by atoms with E-state index in [4.69, 9.17) is 9.57 Å². The Bertz CT molecular complexity index is 821. The molecule has 0 aromatic heterocycles. The Morgan fingerprint density at radius 2 is 1.85 bits per heavy atom. The summed E-state index contributed by atoms with van der Waals surface area (Å²) in [6.45, 7) is 8.35. The molecule has 0 bridgehead atoms. The maximum absolute atomic E-state index is 12.1. The van der Waals surface area contributed by atoms with Gasteiger partial charge in [0.05, 0.1) is 5.71 Å². The molecule has 0 amide bonds. The first-order valence-corrected chi connectivity index (χ1v) is 13.9. The lowest BCUT2D eigenvalue weighted by molar-refractivity contribution is -0.138. The van der Waals surface area contributed by atoms with Crippen LogP contribution in [0.5, 0.6) is 0 Å². The summed E-state index contributed by atoms with van der Waals surface area (Å²) in [7, 11) is 0. The largest absolute Gasteiger partial charge is 0.535 e. The molecule has 4 aliphatic carbocycles. The lowest BCUT2D eigenvalue weighted by Crippen LogP contribution is -2.53. The Morgan fingerprint density at radius 1 is 1.03 bits per heavy atom. The van der Waals surface area contributed by atoms with Gasteiger partial charge in [-0.1, -0.05) is 25.4 Å². The molecule has 5 fully saturated rings. The van der Waals surface area contributed by atoms with Gasteiger partial charge in [0.1, 0.15) is 12.4 Å². The second-order valence-corrected chi connectivity index (χ2v) is 12.6. The number of piperidine rings is 1. The average Bonchev–Trinajstić information content (AvgIpc) is 3.19. The summed E-state index contributed by atoms with van der Waals surface area (Å²) in [5, 5.41) is 7.66. The highest BCUT2D eigenvalue weighted by molar-refractivity contribution is 5.85. The second kappa shape index (κ2) is 9.55. The molecule has 0 aromatic rings. The quantitative estimate of drug-likeness (QED) is 0.239. The zero-order chi connectivity index (χ0) is 23.9. The summed E-state index contributed by atoms with van der Waals surface area (Å²) >= 11 is 0. The average molecular weight is 473 g/mol. The van der Waals surface area contributed by atoms with Gasteiger partial charge in [0.25, 0.3) is 0 Å². The molecule has 34 heavy (non-hydrogen) atoms. The lowest BCUT2D eigenvalue weighted by Gasteiger charge is -2.60. The van der Waals surface area contributed by atoms with Gasteiger partial charge < -0.3 is 10.1 Å². The molecule has 4 saturated carbocycles. The molecule has 6 nitrogen and oxygen atoms in total. The summed E-state index contributed by atoms with van der Waals surface area (Å²) < 4.78 is 5.31. The van der Waals surface area contributed by atoms with Gasteiger partial charge >= 0.3 is 6.16 Å². The van der Waals surface area contributed by atoms with Crippen LogP contribution in [0, 0.1) is 40.4 Å². The van der Waals surface area contributed by atoms with Crippen molar-refractivity contribution in [1.82, 2.24) is 5.32 Å². The van der Waals surface area contributed by atoms with Crippen LogP contribution in [0.3, 0.4) is 0 Å². The van der Waals surface area contributed by atoms with Crippen LogP contribution in [0.15, 0.2) is 5.16 Å². The highest BCUT2D eigenvalue weighted by Crippen LogP contribution is 2.67. The van der Waals surface area contributed by atoms with E-state index in [-0.39, 0.29) is 11.5 Å². The van der Waals surface area contributed by atoms with Crippen molar-refractivity contribution in [3.63, 3.8) is 0 Å². The van der Waals surface area contributed by atoms with E-state index >= 15 is 0 Å². The van der Waals surface area contributed by atoms with Gasteiger partial charge in [-0.05, 0) is 106 Å². The van der Waals surface area contributed by atoms with E-state index < -0.39 is 6.16 Å². The van der Waals surface area contributed by atoms with Crippen LogP contribution in [0.1, 0.15) is 97.8 Å². The van der Waals surface area contributed by atoms with Crippen LogP contribution >= 0.6 is 0 Å². The fraction of sp³-hybridized carbons (Fsp3) is 0.893. The van der Waals surface area contributed by atoms with Crippen molar-refractivity contribution in [1.29, 1.82) is 0 Å². The number of fused-ring (bicyclic) bond motifs is 5. The highest BCUT2D eigenvalue weighted by Gasteiger charge is 2.60. The molecule has 190 valence electrons. The van der Waals surface area contributed by atoms with E-state index in [0.29, 0.717) is 35.6 Å². The zero-order valence-corrected chi connectivity index (χ0v) is 21.4. The molecule has 8 atom stereocenters. The zero-order valence-electron chi connectivity index (χ0n) is 21.4. The maximum Gasteiger partial charge on any atom is 0.535 e. The molecule has 5 rings (SSSR count). The van der Waals surface area contributed by atoms with Crippen molar-refractivity contribution >= 4 is 17.7 Å². The van der Waals surface area contributed by atoms with E-state index in [1.807, 2.05) is 6.92 Å². The monoisotopic (exact) mass is 472 g/mol. The summed E-state index contributed by atoms with van der Waals surface area (Å²) in [6, 6.07) is 0.232. The van der Waals surface area contributed by atoms with E-state index in [1.54, 1.807) is 0 Å². The van der Waals surface area contributed by atoms with Gasteiger partial charge in [-0.15, -0.1) is 0 Å². The third-order valence-electron chi connectivity index (χ3n) is 11.1. The molecule has 1 heterocycles. The number of nitrogens with zero attached hydrogens (tertiary/aromatic N) is 1. The van der Waals surface area contributed by atoms with Crippen LogP contribution in [-0.4, -0.2) is 36.8 Å². The number of Topliss-reactive ketones (excluding diaryl/α,β-unsaturated/α-hetero) is 1. The van der Waals surface area contributed by atoms with E-state index in [1.165, 1.54) is 44.9 Å². The van der Waals surface area contributed by atoms with Crippen LogP contribution in [0.2, 0.25) is 0 Å². The standard InChI is InChI=1S/C28H44N2O4/c1-18(30-34-26(32)33-17-20-6-4-5-15-29-20)23-9-10-24-22-8-7-19-16-21(31)11-13-27(19,2)25(22)12-14-28(23,24)3/h19-20,22-25,29H,4-17H2,1-3H3/b30-18+/t19-,20?,22+,23-,24+,25+,27+,28-/m1/s1. The fourth-order valence-corrected chi connectivity index (χ4v) is 9.17. The number of nitrogens with one attached hydrogen (secondary N) is 1. The minimum Gasteiger partial charge on any atom is -0.431 e. The van der Waals surface area contributed by atoms with Crippen molar-refractivity contribution in [2.24, 2.45) is 45.6 Å². The molecule has 0 spiro atoms. The molecule has 1 N–H and O–H groups in total. The van der Waals surface area contributed by atoms with Crippen molar-refractivity contribution in [2.45, 2.75) is 104 Å². The van der Waals surface area contributed by atoms with Crippen molar-refractivity contribution in [2.75, 3.05) is 13.2 Å². The first kappa shape index (κ1) is 24.3. The Kier molecular flexibility index (Phi) is 6.82. The van der Waals surface area contributed by atoms with E-state index in [2.05, 4.69) is 24.3 Å². The number of carbonyl (C=O) groups excluding carboxylic acids is 2. The highest BCUT2D eigenvalue weighted by atomic mass is 16.8. The van der Waals surface area contributed by atoms with Gasteiger partial charge in [0, 0.05) is 24.8 Å². The SMILES string of the molecule is C/C(=N\OC(=O)OCC1CCCCN1)[C@H]1CC[C@H]2[C@@H]3CC[C@@H]4CC(=O)CC[C@]4(C)[C@H]3CC[C@]12C. The molecular formula is C28H44N2O4. The third kappa shape index (κ3) is 4.33. The summed E-state index contributed by atoms with van der Waals surface area (Å²) in [5.74, 6) is 3.68. The van der Waals surface area contributed by atoms with Crippen LogP contribution in [0.4, 0.5) is 4.79 Å². The van der Waals surface area contributed by atoms with Crippen molar-refractivity contribution < 1.29 is 19.2 Å². The van der Waals surface area contributed by atoms with Crippen LogP contribution in [-0.2, 0) is 14.4 Å². The Morgan fingerprint density at radius 3 is 2.65 bits per heavy atom. The van der Waals surface area contributed by atoms with Crippen molar-refractivity contribution in [3.05, 3.63) is 0 Å². The van der Waals surface area contributed by atoms with Crippen LogP contribution < -0.4 is 5.32 Å². The van der Waals surface area contributed by atoms with Gasteiger partial charge in [-0.3, -0.25) is 9.63 Å². The minimum atomic E-state index is -0.687. The van der Waals surface area contributed by atoms with E-state index in [9.17, 15) is 9.59 Å². The minimum absolute atomic E-state index is 0.224. The summed E-state index contributed by atoms with van der Waals surface area (Å²) in [4.78, 5) is 29.5. The number of rotatable bonds is 4. The first-order chi connectivity index (χ1) is 16.3. The van der Waals surface area contributed by atoms with E-state index in [0.717, 1.165) is 56.2 Å². The van der Waals surface area contributed by atoms with Gasteiger partial charge in [0.15, 0.2) is 0 Å². The first-order valence-electron chi connectivity index (χ1n) is 13.9. The molecule has 6 heteroatoms. The maximum atomic E-state index is 12.1. The Hall–Kier alpha value is -1.43. The summed E-state index contributed by atoms with van der Waals surface area (Å²) in [5.41, 5.74) is 1.51. The van der Waals surface area contributed by atoms with Gasteiger partial charge in [-0.2, -0.15) is 0 Å². The second-order valence-electron chi connectivity index (χ2n) is 12.6. The smallest absolute Gasteiger partial charge is 0.431 e. The number of ether oxygens (including phenoxy) is 1. The Balaban J connectivity index is 1.21. The topological polar surface area (TPSA) is 77.0 Å². The van der Waals surface area contributed by atoms with Gasteiger partial charge in [-0.25, -0.2) is 4.79 Å². The van der Waals surface area contributed by atoms with Gasteiger partial charge in [0.2, 0.25) is 0 Å². The molecule has 1 unspecified atom stereocenters. The lowest BCUT2D eigenvalue weighted by atomic mass is 9.44. The molecular weight excluding hydrogens is 428 g/mol. The Labute approximate surface area is 205 Å². The predicted octanol–water partition coefficient (Wildman–Crippen LogP) is 5.89. The third-order valence-corrected chi connectivity index (χ3v) is 11.1. The number of hydrogen-bond acceptors (Lipinski definition) is 6. The fourth-order valence-electron chi connectivity index (χ4n) is 9.17. The number of hydrogen-bond donors (Lipinski definition) is 1. The normalized spacial score (nSPS) is 44.6. The summed E-state index contributed by atoms with van der Waals surface area (Å²) in [6.07, 6.45) is 12.8. The number of ketones is 1. The predicted molar refractivity (Wildman–Crippen MR) is 131 cm³/mol. The van der Waals surface area contributed by atoms with Crippen LogP contribution in [0.25, 0.3) is 0 Å². The molecule has 0 radical (unpaired) electrons. The molecule has 5 aliphatic rings. The molecule has 1 aliphatic heterocycles. The molecule has 1 saturated heterocycles.